The molecule has 3 aliphatic rings. The molecule has 4 rings (SSSR count). The Kier molecular flexibility index (Phi) is 6.96. The number of carbonyl (C=O) groups excluding carboxylic acids is 2. The second-order valence-electron chi connectivity index (χ2n) is 8.27. The molecule has 168 valence electrons. The molecule has 2 heterocycles. The highest BCUT2D eigenvalue weighted by Gasteiger charge is 2.51. The summed E-state index contributed by atoms with van der Waals surface area (Å²) < 4.78 is 0. The molecule has 4 unspecified atom stereocenters. The molecule has 2 aliphatic heterocycles. The van der Waals surface area contributed by atoms with Gasteiger partial charge in [0.05, 0.1) is 11.7 Å². The van der Waals surface area contributed by atoms with E-state index >= 15 is 0 Å². The molecule has 1 aromatic rings. The summed E-state index contributed by atoms with van der Waals surface area (Å²) in [5, 5.41) is 8.36. The zero-order chi connectivity index (χ0) is 22.0. The average molecular weight is 464 g/mol. The van der Waals surface area contributed by atoms with E-state index < -0.39 is 0 Å². The third kappa shape index (κ3) is 4.51. The number of hydrogen-bond acceptors (Lipinski definition) is 6. The zero-order valence-electron chi connectivity index (χ0n) is 18.0. The van der Waals surface area contributed by atoms with Crippen LogP contribution in [0.4, 0.5) is 5.69 Å². The number of nitrogens with one attached hydrogen (secondary N) is 2. The molecule has 9 heteroatoms. The normalized spacial score (nSPS) is 27.3. The van der Waals surface area contributed by atoms with Crippen molar-refractivity contribution in [3.05, 3.63) is 29.8 Å². The molecule has 2 fully saturated rings. The zero-order valence-corrected chi connectivity index (χ0v) is 19.6. The van der Waals surface area contributed by atoms with E-state index in [4.69, 9.17) is 11.6 Å². The van der Waals surface area contributed by atoms with Crippen LogP contribution < -0.4 is 10.7 Å². The summed E-state index contributed by atoms with van der Waals surface area (Å²) in [6, 6.07) is 7.94. The monoisotopic (exact) mass is 463 g/mol. The predicted molar refractivity (Wildman–Crippen MR) is 126 cm³/mol. The molecular formula is C22H30ClN5O2S. The molecule has 0 bridgehead atoms. The summed E-state index contributed by atoms with van der Waals surface area (Å²) in [7, 11) is 0. The largest absolute Gasteiger partial charge is 0.325 e. The van der Waals surface area contributed by atoms with Crippen molar-refractivity contribution >= 4 is 46.0 Å². The molecule has 4 atom stereocenters. The lowest BCUT2D eigenvalue weighted by Gasteiger charge is -2.51. The summed E-state index contributed by atoms with van der Waals surface area (Å²) in [6.07, 6.45) is 3.91. The van der Waals surface area contributed by atoms with Crippen molar-refractivity contribution in [1.82, 2.24) is 15.2 Å². The predicted octanol–water partition coefficient (Wildman–Crippen LogP) is 3.41. The van der Waals surface area contributed by atoms with E-state index in [9.17, 15) is 9.59 Å². The lowest BCUT2D eigenvalue weighted by atomic mass is 9.81. The lowest BCUT2D eigenvalue weighted by molar-refractivity contribution is -0.155. The van der Waals surface area contributed by atoms with Gasteiger partial charge in [-0.2, -0.15) is 5.10 Å². The molecule has 1 saturated heterocycles. The Morgan fingerprint density at radius 3 is 2.90 bits per heavy atom. The van der Waals surface area contributed by atoms with Crippen molar-refractivity contribution in [2.45, 2.75) is 63.7 Å². The minimum Gasteiger partial charge on any atom is -0.325 e. The van der Waals surface area contributed by atoms with Gasteiger partial charge in [-0.15, -0.1) is 11.6 Å². The minimum absolute atomic E-state index is 0.0400. The second-order valence-corrected chi connectivity index (χ2v) is 9.83. The minimum atomic E-state index is -0.271. The van der Waals surface area contributed by atoms with E-state index in [2.05, 4.69) is 34.6 Å². The van der Waals surface area contributed by atoms with Gasteiger partial charge < -0.3 is 15.1 Å². The molecular weight excluding hydrogens is 434 g/mol. The van der Waals surface area contributed by atoms with Crippen molar-refractivity contribution in [2.75, 3.05) is 17.6 Å². The first-order chi connectivity index (χ1) is 15.0. The van der Waals surface area contributed by atoms with Crippen LogP contribution >= 0.6 is 23.4 Å². The fourth-order valence-corrected chi connectivity index (χ4v) is 5.91. The molecule has 0 aromatic heterocycles. The van der Waals surface area contributed by atoms with Crippen LogP contribution in [-0.2, 0) is 16.0 Å². The number of thioether (sulfide) groups is 1. The first-order valence-corrected chi connectivity index (χ1v) is 12.5. The number of para-hydroxylation sites is 1. The number of hydrazone groups is 1. The Bertz CT molecular complexity index is 866. The van der Waals surface area contributed by atoms with Crippen LogP contribution in [0.3, 0.4) is 0 Å². The van der Waals surface area contributed by atoms with Crippen molar-refractivity contribution in [2.24, 2.45) is 11.0 Å². The summed E-state index contributed by atoms with van der Waals surface area (Å²) >= 11 is 7.84. The van der Waals surface area contributed by atoms with Gasteiger partial charge in [-0.05, 0) is 43.7 Å². The number of fused-ring (bicyclic) bond motifs is 3. The van der Waals surface area contributed by atoms with Crippen LogP contribution in [0, 0.1) is 5.92 Å². The molecule has 2 amide bonds. The van der Waals surface area contributed by atoms with Gasteiger partial charge in [-0.1, -0.05) is 43.8 Å². The van der Waals surface area contributed by atoms with Crippen LogP contribution in [0.5, 0.6) is 0 Å². The third-order valence-corrected chi connectivity index (χ3v) is 7.60. The van der Waals surface area contributed by atoms with E-state index in [1.54, 1.807) is 0 Å². The van der Waals surface area contributed by atoms with Gasteiger partial charge in [0.2, 0.25) is 11.8 Å². The third-order valence-electron chi connectivity index (χ3n) is 6.23. The maximum atomic E-state index is 13.2. The van der Waals surface area contributed by atoms with Crippen LogP contribution in [0.15, 0.2) is 29.4 Å². The maximum Gasteiger partial charge on any atom is 0.234 e. The molecule has 2 N–H and O–H groups in total. The molecule has 0 spiro atoms. The number of rotatable bonds is 6. The van der Waals surface area contributed by atoms with Crippen LogP contribution in [0.1, 0.15) is 45.1 Å². The second kappa shape index (κ2) is 9.69. The van der Waals surface area contributed by atoms with E-state index in [-0.39, 0.29) is 41.2 Å². The molecule has 1 aromatic carbocycles. The number of nitrogens with zero attached hydrogens (tertiary/aromatic N) is 3. The molecule has 7 nitrogen and oxygen atoms in total. The van der Waals surface area contributed by atoms with Crippen molar-refractivity contribution < 1.29 is 9.59 Å². The molecule has 0 radical (unpaired) electrons. The van der Waals surface area contributed by atoms with E-state index in [0.717, 1.165) is 42.1 Å². The highest BCUT2D eigenvalue weighted by atomic mass is 35.5. The average Bonchev–Trinajstić information content (AvgIpc) is 3.19. The van der Waals surface area contributed by atoms with Crippen LogP contribution in [0.25, 0.3) is 0 Å². The van der Waals surface area contributed by atoms with Gasteiger partial charge in [0.25, 0.3) is 0 Å². The number of amidine groups is 1. The number of anilines is 1. The lowest BCUT2D eigenvalue weighted by Crippen LogP contribution is -2.67. The smallest absolute Gasteiger partial charge is 0.234 e. The highest BCUT2D eigenvalue weighted by molar-refractivity contribution is 8.14. The van der Waals surface area contributed by atoms with Crippen LogP contribution in [-0.4, -0.2) is 56.8 Å². The standard InChI is InChI=1S/C22H30ClN5O2S/c1-3-11-27-20(30)16-12-15(23)9-10-18(16)28-21(27)25-26-22(28)31-13-19(29)24-17-8-6-5-7-14(17)4-2/h5-8,15-16,18,21,25H,3-4,9-13H2,1-2H3,(H,24,29). The quantitative estimate of drug-likeness (QED) is 0.632. The maximum absolute atomic E-state index is 13.2. The summed E-state index contributed by atoms with van der Waals surface area (Å²) in [5.74, 6) is 0.256. The van der Waals surface area contributed by atoms with Crippen LogP contribution in [0.2, 0.25) is 0 Å². The molecule has 1 saturated carbocycles. The van der Waals surface area contributed by atoms with Gasteiger partial charge >= 0.3 is 0 Å². The van der Waals surface area contributed by atoms with E-state index in [0.29, 0.717) is 13.0 Å². The topological polar surface area (TPSA) is 77.0 Å². The van der Waals surface area contributed by atoms with Gasteiger partial charge in [-0.3, -0.25) is 15.0 Å². The first-order valence-electron chi connectivity index (χ1n) is 11.1. The summed E-state index contributed by atoms with van der Waals surface area (Å²) in [6.45, 7) is 4.81. The van der Waals surface area contributed by atoms with Gasteiger partial charge in [-0.25, -0.2) is 0 Å². The Balaban J connectivity index is 1.45. The number of alkyl halides is 1. The van der Waals surface area contributed by atoms with Gasteiger partial charge in [0, 0.05) is 23.7 Å². The fraction of sp³-hybridized carbons (Fsp3) is 0.591. The highest BCUT2D eigenvalue weighted by Crippen LogP contribution is 2.40. The van der Waals surface area contributed by atoms with Gasteiger partial charge in [0.15, 0.2) is 11.5 Å². The molecule has 1 aliphatic carbocycles. The number of carbonyl (C=O) groups is 2. The molecule has 31 heavy (non-hydrogen) atoms. The Labute approximate surface area is 192 Å². The SMILES string of the molecule is CCCN1C(=O)C2CC(Cl)CCC2N2C(SCC(=O)Nc3ccccc3CC)=NNC12. The number of halogens is 1. The first kappa shape index (κ1) is 22.3. The number of hydrogen-bond donors (Lipinski definition) is 2. The Hall–Kier alpha value is -1.93. The van der Waals surface area contributed by atoms with Gasteiger partial charge in [0.1, 0.15) is 0 Å². The summed E-state index contributed by atoms with van der Waals surface area (Å²) in [4.78, 5) is 29.9. The van der Waals surface area contributed by atoms with Crippen molar-refractivity contribution in [3.8, 4) is 0 Å². The fourth-order valence-electron chi connectivity index (χ4n) is 4.76. The number of benzene rings is 1. The van der Waals surface area contributed by atoms with Crippen molar-refractivity contribution in [3.63, 3.8) is 0 Å². The number of aryl methyl sites for hydroxylation is 1. The van der Waals surface area contributed by atoms with E-state index in [1.807, 2.05) is 29.2 Å². The Morgan fingerprint density at radius 1 is 1.32 bits per heavy atom. The summed E-state index contributed by atoms with van der Waals surface area (Å²) in [5.41, 5.74) is 5.12. The Morgan fingerprint density at radius 2 is 2.13 bits per heavy atom. The van der Waals surface area contributed by atoms with E-state index in [1.165, 1.54) is 11.8 Å². The van der Waals surface area contributed by atoms with Crippen molar-refractivity contribution in [1.29, 1.82) is 0 Å². The number of amides is 2.